The molecule has 1 fully saturated rings. The summed E-state index contributed by atoms with van der Waals surface area (Å²) in [7, 11) is 0. The van der Waals surface area contributed by atoms with Crippen LogP contribution in [0.15, 0.2) is 98.1 Å². The standard InChI is InChI=1S/C16H14.C9H11.C4H10N.2CH3.H4Si.Ti/c1-13(15-9-5-3-6-10-15)14(2)16-11-7-4-8-12-16;1-2-5-9-7-3-6-8(9)4-1;1-4(2,3)5;;;;/h3-12H,1-2H2;1-2,4-6,8-9H,3,7H2;5H,1-3H3;2*1H3;1H4;/q;4*-1;;+4. The Hall–Kier alpha value is -1.71. The van der Waals surface area contributed by atoms with E-state index in [1.807, 2.05) is 57.2 Å². The van der Waals surface area contributed by atoms with Gasteiger partial charge in [-0.3, -0.25) is 0 Å². The predicted octanol–water partition coefficient (Wildman–Crippen LogP) is 8.04. The van der Waals surface area contributed by atoms with Gasteiger partial charge in [-0.15, -0.1) is 17.5 Å². The van der Waals surface area contributed by atoms with Gasteiger partial charge in [-0.1, -0.05) is 119 Å². The maximum Gasteiger partial charge on any atom is 4.00 e. The Kier molecular flexibility index (Phi) is 20.2. The van der Waals surface area contributed by atoms with Crippen LogP contribution < -0.4 is 0 Å². The molecule has 1 nitrogen and oxygen atoms in total. The van der Waals surface area contributed by atoms with E-state index in [4.69, 9.17) is 5.73 Å². The van der Waals surface area contributed by atoms with Crippen LogP contribution >= 0.6 is 0 Å². The summed E-state index contributed by atoms with van der Waals surface area (Å²) in [5.74, 6) is 1.62. The van der Waals surface area contributed by atoms with Gasteiger partial charge in [0.25, 0.3) is 0 Å². The maximum absolute atomic E-state index is 6.94. The molecule has 0 amide bonds. The minimum absolute atomic E-state index is 0. The molecular weight excluding hydrogens is 462 g/mol. The Morgan fingerprint density at radius 3 is 1.59 bits per heavy atom. The van der Waals surface area contributed by atoms with Crippen LogP contribution in [0.1, 0.15) is 44.7 Å². The van der Waals surface area contributed by atoms with Crippen molar-refractivity contribution in [3.8, 4) is 0 Å². The molecule has 0 spiro atoms. The quantitative estimate of drug-likeness (QED) is 0.228. The molecule has 34 heavy (non-hydrogen) atoms. The Morgan fingerprint density at radius 2 is 1.21 bits per heavy atom. The van der Waals surface area contributed by atoms with Crippen LogP contribution in [0.25, 0.3) is 16.9 Å². The summed E-state index contributed by atoms with van der Waals surface area (Å²) in [6.07, 6.45) is 14.1. The van der Waals surface area contributed by atoms with Gasteiger partial charge in [0.15, 0.2) is 0 Å². The number of hydrogen-bond donors (Lipinski definition) is 0. The summed E-state index contributed by atoms with van der Waals surface area (Å²) in [5.41, 5.74) is 10.9. The summed E-state index contributed by atoms with van der Waals surface area (Å²) in [6, 6.07) is 20.3. The number of benzene rings is 2. The smallest absolute Gasteiger partial charge is 0.673 e. The first-order valence-corrected chi connectivity index (χ1v) is 10.7. The third-order valence-electron chi connectivity index (χ3n) is 4.84. The molecule has 0 aromatic heterocycles. The number of rotatable bonds is 3. The van der Waals surface area contributed by atoms with E-state index in [9.17, 15) is 0 Å². The van der Waals surface area contributed by atoms with Crippen molar-refractivity contribution in [1.82, 2.24) is 0 Å². The SMILES string of the molecule is C1=CC2[CH-]CCC2C=C1.C=C(C(=C)c1ccccc1)c1ccccc1.CC(C)(C)[NH-].[CH3-].[CH3-].[SiH4].[Ti+4]. The molecule has 0 bridgehead atoms. The molecule has 0 saturated heterocycles. The summed E-state index contributed by atoms with van der Waals surface area (Å²) < 4.78 is 0. The average Bonchev–Trinajstić information content (AvgIpc) is 3.22. The predicted molar refractivity (Wildman–Crippen MR) is 158 cm³/mol. The molecule has 0 heterocycles. The Labute approximate surface area is 230 Å². The van der Waals surface area contributed by atoms with Crippen molar-refractivity contribution in [3.05, 3.63) is 136 Å². The van der Waals surface area contributed by atoms with Gasteiger partial charge >= 0.3 is 21.7 Å². The molecule has 2 aliphatic rings. The Morgan fingerprint density at radius 1 is 0.824 bits per heavy atom. The first-order chi connectivity index (χ1) is 14.3. The average molecular weight is 508 g/mol. The summed E-state index contributed by atoms with van der Waals surface area (Å²) >= 11 is 0. The maximum atomic E-state index is 6.94. The molecule has 182 valence electrons. The third-order valence-corrected chi connectivity index (χ3v) is 4.84. The van der Waals surface area contributed by atoms with Crippen molar-refractivity contribution < 1.29 is 21.7 Å². The van der Waals surface area contributed by atoms with Gasteiger partial charge in [0.05, 0.1) is 0 Å². The number of hydrogen-bond acceptors (Lipinski definition) is 0. The van der Waals surface area contributed by atoms with E-state index in [2.05, 4.69) is 68.1 Å². The second kappa shape index (κ2) is 18.6. The van der Waals surface area contributed by atoms with Crippen molar-refractivity contribution in [2.24, 2.45) is 11.8 Å². The first-order valence-electron chi connectivity index (χ1n) is 10.7. The zero-order valence-corrected chi connectivity index (χ0v) is 22.7. The van der Waals surface area contributed by atoms with E-state index in [1.165, 1.54) is 12.8 Å². The number of fused-ring (bicyclic) bond motifs is 1. The fourth-order valence-corrected chi connectivity index (χ4v) is 3.32. The minimum atomic E-state index is -0.250. The van der Waals surface area contributed by atoms with Crippen LogP contribution in [-0.2, 0) is 21.7 Å². The van der Waals surface area contributed by atoms with E-state index in [1.54, 1.807) is 0 Å². The first kappa shape index (κ1) is 36.9. The molecule has 0 aliphatic heterocycles. The molecule has 3 heteroatoms. The number of allylic oxidation sites excluding steroid dienone is 6. The van der Waals surface area contributed by atoms with Crippen molar-refractivity contribution in [2.45, 2.75) is 39.2 Å². The molecule has 2 aliphatic carbocycles. The fraction of sp³-hybridized carbons (Fsp3) is 0.258. The van der Waals surface area contributed by atoms with Gasteiger partial charge in [-0.25, -0.2) is 0 Å². The van der Waals surface area contributed by atoms with Gasteiger partial charge < -0.3 is 27.0 Å². The van der Waals surface area contributed by atoms with E-state index >= 15 is 0 Å². The second-order valence-corrected chi connectivity index (χ2v) is 8.76. The van der Waals surface area contributed by atoms with Crippen LogP contribution in [0, 0.1) is 33.1 Å². The van der Waals surface area contributed by atoms with Crippen LogP contribution in [0.4, 0.5) is 0 Å². The van der Waals surface area contributed by atoms with Gasteiger partial charge in [0.1, 0.15) is 0 Å². The molecule has 0 radical (unpaired) electrons. The second-order valence-electron chi connectivity index (χ2n) is 8.76. The van der Waals surface area contributed by atoms with E-state index < -0.39 is 0 Å². The van der Waals surface area contributed by atoms with Crippen LogP contribution in [0.3, 0.4) is 0 Å². The monoisotopic (exact) mass is 507 g/mol. The summed E-state index contributed by atoms with van der Waals surface area (Å²) in [5, 5.41) is 0. The molecular formula is C31H45NSiTi. The molecule has 1 N–H and O–H groups in total. The van der Waals surface area contributed by atoms with Crippen molar-refractivity contribution in [1.29, 1.82) is 0 Å². The fourth-order valence-electron chi connectivity index (χ4n) is 3.32. The topological polar surface area (TPSA) is 23.8 Å². The molecule has 2 aromatic rings. The van der Waals surface area contributed by atoms with Gasteiger partial charge in [0, 0.05) is 0 Å². The Balaban J connectivity index is -0.000000460. The molecule has 2 aromatic carbocycles. The van der Waals surface area contributed by atoms with E-state index in [0.29, 0.717) is 0 Å². The van der Waals surface area contributed by atoms with Gasteiger partial charge in [0.2, 0.25) is 0 Å². The van der Waals surface area contributed by atoms with Gasteiger partial charge in [-0.05, 0) is 39.2 Å². The van der Waals surface area contributed by atoms with E-state index in [0.717, 1.165) is 34.1 Å². The van der Waals surface area contributed by atoms with Crippen molar-refractivity contribution >= 4 is 22.1 Å². The van der Waals surface area contributed by atoms with Crippen molar-refractivity contribution in [2.75, 3.05) is 0 Å². The van der Waals surface area contributed by atoms with Crippen LogP contribution in [0.5, 0.6) is 0 Å². The largest absolute Gasteiger partial charge is 4.00 e. The Bertz CT molecular complexity index is 790. The number of nitrogens with one attached hydrogen (secondary N) is 1. The zero-order valence-electron chi connectivity index (χ0n) is 21.1. The molecule has 2 unspecified atom stereocenters. The van der Waals surface area contributed by atoms with Gasteiger partial charge in [-0.2, -0.15) is 6.42 Å². The molecule has 4 rings (SSSR count). The summed E-state index contributed by atoms with van der Waals surface area (Å²) in [4.78, 5) is 0. The van der Waals surface area contributed by atoms with Crippen LogP contribution in [-0.4, -0.2) is 16.5 Å². The molecule has 1 saturated carbocycles. The van der Waals surface area contributed by atoms with E-state index in [-0.39, 0.29) is 53.1 Å². The minimum Gasteiger partial charge on any atom is -0.673 e. The molecule has 2 atom stereocenters. The summed E-state index contributed by atoms with van der Waals surface area (Å²) in [6.45, 7) is 13.8. The van der Waals surface area contributed by atoms with Crippen molar-refractivity contribution in [3.63, 3.8) is 0 Å². The third kappa shape index (κ3) is 13.9. The normalized spacial score (nSPS) is 16.7. The van der Waals surface area contributed by atoms with Crippen LogP contribution in [0.2, 0.25) is 0 Å². The zero-order chi connectivity index (χ0) is 22.0.